The Kier molecular flexibility index (Phi) is 3.40. The molecular formula is C23H28F2N6. The number of halogens is 2. The van der Waals surface area contributed by atoms with Crippen LogP contribution in [-0.2, 0) is 0 Å². The summed E-state index contributed by atoms with van der Waals surface area (Å²) in [6.45, 7) is -10.0. The van der Waals surface area contributed by atoms with E-state index in [-0.39, 0.29) is 24.4 Å². The summed E-state index contributed by atoms with van der Waals surface area (Å²) in [6, 6.07) is 6.66. The smallest absolute Gasteiger partial charge is 0.246 e. The van der Waals surface area contributed by atoms with E-state index in [2.05, 4.69) is 15.4 Å². The van der Waals surface area contributed by atoms with E-state index in [0.29, 0.717) is 23.3 Å². The zero-order valence-corrected chi connectivity index (χ0v) is 16.7. The van der Waals surface area contributed by atoms with Crippen LogP contribution in [0.3, 0.4) is 0 Å². The van der Waals surface area contributed by atoms with Crippen molar-refractivity contribution in [2.75, 3.05) is 36.2 Å². The van der Waals surface area contributed by atoms with Gasteiger partial charge >= 0.3 is 0 Å². The van der Waals surface area contributed by atoms with Crippen LogP contribution in [0.25, 0.3) is 5.69 Å². The van der Waals surface area contributed by atoms with Gasteiger partial charge in [0.25, 0.3) is 0 Å². The number of aryl methyl sites for hydroxylation is 1. The van der Waals surface area contributed by atoms with Crippen molar-refractivity contribution in [1.82, 2.24) is 19.7 Å². The molecule has 0 bridgehead atoms. The monoisotopic (exact) mass is 434 g/mol. The van der Waals surface area contributed by atoms with Crippen LogP contribution in [0.15, 0.2) is 42.7 Å². The molecule has 1 N–H and O–H groups in total. The first-order valence-electron chi connectivity index (χ1n) is 13.9. The van der Waals surface area contributed by atoms with Crippen LogP contribution in [-0.4, -0.2) is 51.7 Å². The van der Waals surface area contributed by atoms with Gasteiger partial charge in [-0.2, -0.15) is 4.98 Å². The van der Waals surface area contributed by atoms with Crippen molar-refractivity contribution in [2.24, 2.45) is 0 Å². The molecule has 0 spiro atoms. The molecule has 2 fully saturated rings. The largest absolute Gasteiger partial charge is 0.369 e. The van der Waals surface area contributed by atoms with Crippen LogP contribution in [0, 0.1) is 18.6 Å². The highest BCUT2D eigenvalue weighted by atomic mass is 19.1. The highest BCUT2D eigenvalue weighted by Crippen LogP contribution is 2.29. The summed E-state index contributed by atoms with van der Waals surface area (Å²) in [5.74, 6) is -1.57. The first kappa shape index (κ1) is 12.8. The number of aromatic nitrogens is 3. The molecule has 31 heavy (non-hydrogen) atoms. The second-order valence-electron chi connectivity index (χ2n) is 7.56. The zero-order chi connectivity index (χ0) is 28.5. The molecule has 2 aliphatic rings. The number of rotatable bonds is 5. The summed E-state index contributed by atoms with van der Waals surface area (Å²) >= 11 is 0. The van der Waals surface area contributed by atoms with E-state index < -0.39 is 43.7 Å². The predicted molar refractivity (Wildman–Crippen MR) is 119 cm³/mol. The van der Waals surface area contributed by atoms with Crippen LogP contribution in [0.5, 0.6) is 0 Å². The fraction of sp³-hybridized carbons (Fsp3) is 0.391. The highest BCUT2D eigenvalue weighted by Gasteiger charge is 2.28. The number of anilines is 3. The average molecular weight is 435 g/mol. The molecule has 0 radical (unpaired) electrons. The molecule has 1 saturated heterocycles. The van der Waals surface area contributed by atoms with E-state index in [1.165, 1.54) is 18.5 Å². The summed E-state index contributed by atoms with van der Waals surface area (Å²) in [5, 5.41) is 7.04. The SMILES string of the molecule is [2H]C1([2H])N(c2cc(C)cc(Nc3ncn(-c4cc(F)cc(F)c4)n3)c2)C([2H])([2H])C([2H])([2H])N(C2CCC2)C1([2H])[2H].[HH]. The van der Waals surface area contributed by atoms with Gasteiger partial charge in [-0.3, -0.25) is 4.90 Å². The second kappa shape index (κ2) is 8.26. The number of benzene rings is 2. The molecule has 2 heterocycles. The van der Waals surface area contributed by atoms with E-state index in [1.54, 1.807) is 13.0 Å². The molecule has 5 rings (SSSR count). The van der Waals surface area contributed by atoms with Gasteiger partial charge in [-0.05, 0) is 55.7 Å². The molecule has 2 aromatic carbocycles. The van der Waals surface area contributed by atoms with Gasteiger partial charge in [0.1, 0.15) is 18.0 Å². The number of nitrogens with one attached hydrogen (secondary N) is 1. The second-order valence-corrected chi connectivity index (χ2v) is 7.56. The first-order chi connectivity index (χ1) is 18.1. The molecule has 164 valence electrons. The van der Waals surface area contributed by atoms with Gasteiger partial charge < -0.3 is 10.2 Å². The molecule has 0 unspecified atom stereocenters. The Hall–Kier alpha value is -3.00. The molecule has 0 atom stereocenters. The third-order valence-corrected chi connectivity index (χ3v) is 5.18. The summed E-state index contributed by atoms with van der Waals surface area (Å²) in [5.41, 5.74) is 0.811. The van der Waals surface area contributed by atoms with Crippen molar-refractivity contribution in [3.63, 3.8) is 0 Å². The van der Waals surface area contributed by atoms with E-state index in [1.807, 2.05) is 0 Å². The minimum Gasteiger partial charge on any atom is -0.369 e. The lowest BCUT2D eigenvalue weighted by atomic mass is 9.91. The molecule has 1 aliphatic carbocycles. The number of hydrogen-bond donors (Lipinski definition) is 1. The minimum absolute atomic E-state index is 0. The van der Waals surface area contributed by atoms with Crippen LogP contribution in [0.2, 0.25) is 0 Å². The van der Waals surface area contributed by atoms with Crippen LogP contribution < -0.4 is 10.2 Å². The number of piperazine rings is 1. The fourth-order valence-corrected chi connectivity index (χ4v) is 3.43. The average Bonchev–Trinajstić information content (AvgIpc) is 3.22. The lowest BCUT2D eigenvalue weighted by Gasteiger charge is -2.43. The van der Waals surface area contributed by atoms with Gasteiger partial charge in [0.15, 0.2) is 0 Å². The molecular weight excluding hydrogens is 398 g/mol. The predicted octanol–water partition coefficient (Wildman–Crippen LogP) is 4.52. The molecule has 0 amide bonds. The number of hydrogen-bond acceptors (Lipinski definition) is 5. The summed E-state index contributed by atoms with van der Waals surface area (Å²) in [7, 11) is 0. The van der Waals surface area contributed by atoms with Crippen LogP contribution in [0.1, 0.15) is 37.2 Å². The van der Waals surface area contributed by atoms with E-state index in [4.69, 9.17) is 11.0 Å². The fourth-order valence-electron chi connectivity index (χ4n) is 3.43. The molecule has 1 saturated carbocycles. The minimum atomic E-state index is -2.97. The maximum atomic E-state index is 13.6. The first-order valence-corrected chi connectivity index (χ1v) is 9.92. The molecule has 3 aromatic rings. The molecule has 6 nitrogen and oxygen atoms in total. The molecule has 1 aromatic heterocycles. The third kappa shape index (κ3) is 4.39. The van der Waals surface area contributed by atoms with Crippen LogP contribution >= 0.6 is 0 Å². The highest BCUT2D eigenvalue weighted by molar-refractivity contribution is 5.64. The lowest BCUT2D eigenvalue weighted by molar-refractivity contribution is 0.120. The lowest BCUT2D eigenvalue weighted by Crippen LogP contribution is -2.52. The summed E-state index contributed by atoms with van der Waals surface area (Å²) in [4.78, 5) is 5.32. The molecule has 8 heteroatoms. The van der Waals surface area contributed by atoms with Gasteiger partial charge in [-0.1, -0.05) is 6.42 Å². The van der Waals surface area contributed by atoms with Crippen molar-refractivity contribution < 1.29 is 21.2 Å². The Balaban J connectivity index is 0.00000370. The van der Waals surface area contributed by atoms with Crippen LogP contribution in [0.4, 0.5) is 26.1 Å². The number of nitrogens with zero attached hydrogens (tertiary/aromatic N) is 5. The zero-order valence-electron chi connectivity index (χ0n) is 24.7. The summed E-state index contributed by atoms with van der Waals surface area (Å²) in [6.07, 6.45) is 2.86. The van der Waals surface area contributed by atoms with Gasteiger partial charge in [0.2, 0.25) is 5.95 Å². The maximum absolute atomic E-state index is 13.6. The Labute approximate surface area is 193 Å². The third-order valence-electron chi connectivity index (χ3n) is 5.18. The maximum Gasteiger partial charge on any atom is 0.246 e. The quantitative estimate of drug-likeness (QED) is 0.640. The Morgan fingerprint density at radius 3 is 2.42 bits per heavy atom. The van der Waals surface area contributed by atoms with E-state index in [0.717, 1.165) is 34.2 Å². The Bertz CT molecular complexity index is 1360. The van der Waals surface area contributed by atoms with Crippen molar-refractivity contribution in [3.8, 4) is 5.69 Å². The topological polar surface area (TPSA) is 49.2 Å². The van der Waals surface area contributed by atoms with Gasteiger partial charge in [-0.15, -0.1) is 5.10 Å². The van der Waals surface area contributed by atoms with Gasteiger partial charge in [0, 0.05) is 56.4 Å². The van der Waals surface area contributed by atoms with Crippen molar-refractivity contribution in [1.29, 1.82) is 0 Å². The Morgan fingerprint density at radius 2 is 1.74 bits per heavy atom. The Morgan fingerprint density at radius 1 is 1.00 bits per heavy atom. The summed E-state index contributed by atoms with van der Waals surface area (Å²) < 4.78 is 97.9. The van der Waals surface area contributed by atoms with E-state index >= 15 is 0 Å². The van der Waals surface area contributed by atoms with Crippen molar-refractivity contribution in [3.05, 3.63) is 59.9 Å². The standard InChI is InChI=1S/C23H26F2N6.H2/c1-16-9-19(14-21(10-16)30-7-5-29(6-8-30)20-3-2-4-20)27-23-26-15-31(28-23)22-12-17(24)11-18(25)13-22;/h9-15,20H,2-8H2,1H3,(H,27,28);1H/i5D2,6D2,7D2,8D2;. The van der Waals surface area contributed by atoms with E-state index in [9.17, 15) is 8.78 Å². The van der Waals surface area contributed by atoms with Crippen molar-refractivity contribution >= 4 is 17.3 Å². The molecule has 1 aliphatic heterocycles. The van der Waals surface area contributed by atoms with Gasteiger partial charge in [-0.25, -0.2) is 13.5 Å². The van der Waals surface area contributed by atoms with Crippen molar-refractivity contribution in [2.45, 2.75) is 32.2 Å². The normalized spacial score (nSPS) is 27.9. The van der Waals surface area contributed by atoms with Gasteiger partial charge in [0.05, 0.1) is 11.2 Å².